The minimum atomic E-state index is -4.60. The third-order valence-corrected chi connectivity index (χ3v) is 11.1. The first-order valence-electron chi connectivity index (χ1n) is 14.3. The van der Waals surface area contributed by atoms with Crippen LogP contribution in [0.5, 0.6) is 0 Å². The second-order valence-electron chi connectivity index (χ2n) is 12.0. The standard InChI is InChI=1S/C26H39ClF3N7O3S/c1-12-5-14(15-6-21(27)33-9-19(15)40-2)16(8-32-12)23(38)36-25-35-18-10-37(11-20(18)41-25)24(39)17-4-3-13(7-31)22(34-17)26(28,29)30/h12-22,25,32-35H,3-6,8-11H2,1-2H3,(H,36,38). The van der Waals surface area contributed by atoms with Crippen LogP contribution in [0.1, 0.15) is 32.6 Å². The number of fused-ring (bicyclic) bond motifs is 1. The van der Waals surface area contributed by atoms with Crippen LogP contribution in [-0.4, -0.2) is 103 Å². The Balaban J connectivity index is 1.15. The average Bonchev–Trinajstić information content (AvgIpc) is 3.50. The number of alkyl halides is 4. The fourth-order valence-corrected chi connectivity index (χ4v) is 8.95. The zero-order chi connectivity index (χ0) is 29.5. The van der Waals surface area contributed by atoms with E-state index in [2.05, 4.69) is 33.5 Å². The van der Waals surface area contributed by atoms with Crippen molar-refractivity contribution in [3.63, 3.8) is 0 Å². The molecule has 0 bridgehead atoms. The Morgan fingerprint density at radius 3 is 2.59 bits per heavy atom. The first-order valence-corrected chi connectivity index (χ1v) is 15.7. The first-order chi connectivity index (χ1) is 19.5. The van der Waals surface area contributed by atoms with E-state index in [1.807, 2.05) is 0 Å². The second kappa shape index (κ2) is 12.7. The molecule has 2 amide bonds. The predicted molar refractivity (Wildman–Crippen MR) is 148 cm³/mol. The Morgan fingerprint density at radius 1 is 1.12 bits per heavy atom. The van der Waals surface area contributed by atoms with Gasteiger partial charge in [-0.05, 0) is 44.4 Å². The zero-order valence-electron chi connectivity index (χ0n) is 23.1. The second-order valence-corrected chi connectivity index (χ2v) is 13.9. The minimum Gasteiger partial charge on any atom is -0.380 e. The smallest absolute Gasteiger partial charge is 0.380 e. The van der Waals surface area contributed by atoms with Crippen molar-refractivity contribution in [3.05, 3.63) is 0 Å². The van der Waals surface area contributed by atoms with Gasteiger partial charge in [-0.3, -0.25) is 25.5 Å². The molecule has 0 aliphatic carbocycles. The Bertz CT molecular complexity index is 1010. The number of piperidine rings is 3. The molecule has 5 fully saturated rings. The van der Waals surface area contributed by atoms with Crippen molar-refractivity contribution in [2.45, 2.75) is 85.3 Å². The van der Waals surface area contributed by atoms with Crippen molar-refractivity contribution >= 4 is 35.2 Å². The van der Waals surface area contributed by atoms with Crippen molar-refractivity contribution in [1.29, 1.82) is 5.26 Å². The lowest BCUT2D eigenvalue weighted by molar-refractivity contribution is -0.172. The fraction of sp³-hybridized carbons (Fsp3) is 0.885. The number of carbonyl (C=O) groups is 2. The molecule has 15 heteroatoms. The van der Waals surface area contributed by atoms with Crippen molar-refractivity contribution in [2.24, 2.45) is 23.7 Å². The van der Waals surface area contributed by atoms with E-state index in [1.54, 1.807) is 18.1 Å². The SMILES string of the molecule is COC1CNC(Cl)CC1C1CC(C)NCC1C(=O)NC1NC2CN(C(=O)C3CCC(C#N)C(C(F)(F)F)N3)CC2S1. The molecule has 41 heavy (non-hydrogen) atoms. The average molecular weight is 622 g/mol. The number of thioether (sulfide) groups is 1. The van der Waals surface area contributed by atoms with Crippen molar-refractivity contribution in [1.82, 2.24) is 31.5 Å². The molecular formula is C26H39ClF3N7O3S. The number of rotatable bonds is 5. The highest BCUT2D eigenvalue weighted by molar-refractivity contribution is 8.00. The highest BCUT2D eigenvalue weighted by atomic mass is 35.5. The summed E-state index contributed by atoms with van der Waals surface area (Å²) in [4.78, 5) is 28.3. The van der Waals surface area contributed by atoms with Gasteiger partial charge in [-0.2, -0.15) is 18.4 Å². The Kier molecular flexibility index (Phi) is 9.65. The summed E-state index contributed by atoms with van der Waals surface area (Å²) in [5.74, 6) is -1.59. The van der Waals surface area contributed by atoms with Gasteiger partial charge in [0.05, 0.1) is 35.6 Å². The number of halogens is 4. The van der Waals surface area contributed by atoms with E-state index in [-0.39, 0.29) is 76.8 Å². The van der Waals surface area contributed by atoms with Gasteiger partial charge in [0.15, 0.2) is 0 Å². The number of nitrogens with one attached hydrogen (secondary N) is 5. The van der Waals surface area contributed by atoms with Gasteiger partial charge < -0.3 is 20.3 Å². The van der Waals surface area contributed by atoms with Crippen LogP contribution < -0.4 is 26.6 Å². The van der Waals surface area contributed by atoms with Crippen molar-refractivity contribution in [3.8, 4) is 6.07 Å². The number of nitriles is 1. The summed E-state index contributed by atoms with van der Waals surface area (Å²) >= 11 is 7.98. The van der Waals surface area contributed by atoms with E-state index in [9.17, 15) is 22.8 Å². The summed E-state index contributed by atoms with van der Waals surface area (Å²) < 4.78 is 46.1. The van der Waals surface area contributed by atoms with E-state index >= 15 is 0 Å². The van der Waals surface area contributed by atoms with Gasteiger partial charge in [-0.15, -0.1) is 23.4 Å². The molecule has 0 saturated carbocycles. The van der Waals surface area contributed by atoms with Gasteiger partial charge in [-0.1, -0.05) is 0 Å². The molecule has 230 valence electrons. The van der Waals surface area contributed by atoms with Crippen LogP contribution in [0.2, 0.25) is 0 Å². The van der Waals surface area contributed by atoms with E-state index in [0.717, 1.165) is 12.8 Å². The lowest BCUT2D eigenvalue weighted by atomic mass is 9.70. The largest absolute Gasteiger partial charge is 0.405 e. The van der Waals surface area contributed by atoms with Gasteiger partial charge in [0.25, 0.3) is 0 Å². The maximum absolute atomic E-state index is 13.6. The van der Waals surface area contributed by atoms with Gasteiger partial charge >= 0.3 is 6.18 Å². The van der Waals surface area contributed by atoms with E-state index in [4.69, 9.17) is 21.6 Å². The normalized spacial score (nSPS) is 43.3. The summed E-state index contributed by atoms with van der Waals surface area (Å²) in [6.07, 6.45) is -2.83. The van der Waals surface area contributed by atoms with E-state index in [1.165, 1.54) is 11.8 Å². The minimum absolute atomic E-state index is 0.0118. The van der Waals surface area contributed by atoms with Crippen LogP contribution in [-0.2, 0) is 14.3 Å². The highest BCUT2D eigenvalue weighted by Gasteiger charge is 2.51. The molecule has 0 aromatic carbocycles. The van der Waals surface area contributed by atoms with Gasteiger partial charge in [0.2, 0.25) is 11.8 Å². The molecule has 12 atom stereocenters. The molecule has 0 spiro atoms. The molecule has 0 radical (unpaired) electrons. The maximum Gasteiger partial charge on any atom is 0.405 e. The molecule has 0 aromatic heterocycles. The lowest BCUT2D eigenvalue weighted by Crippen LogP contribution is -2.59. The molecule has 10 nitrogen and oxygen atoms in total. The highest BCUT2D eigenvalue weighted by Crippen LogP contribution is 2.39. The van der Waals surface area contributed by atoms with E-state index in [0.29, 0.717) is 26.2 Å². The molecule has 5 rings (SSSR count). The monoisotopic (exact) mass is 621 g/mol. The molecular weight excluding hydrogens is 583 g/mol. The summed E-state index contributed by atoms with van der Waals surface area (Å²) in [5, 5.41) is 24.8. The van der Waals surface area contributed by atoms with Crippen LogP contribution in [0.4, 0.5) is 13.2 Å². The molecule has 5 heterocycles. The van der Waals surface area contributed by atoms with Crippen molar-refractivity contribution in [2.75, 3.05) is 33.3 Å². The Morgan fingerprint density at radius 2 is 1.90 bits per heavy atom. The summed E-state index contributed by atoms with van der Waals surface area (Å²) in [6.45, 7) is 4.08. The predicted octanol–water partition coefficient (Wildman–Crippen LogP) is 0.928. The first kappa shape index (κ1) is 31.1. The van der Waals surface area contributed by atoms with Crippen LogP contribution in [0.15, 0.2) is 0 Å². The Hall–Kier alpha value is -1.34. The number of amides is 2. The maximum atomic E-state index is 13.6. The van der Waals surface area contributed by atoms with E-state index < -0.39 is 24.2 Å². The number of carbonyl (C=O) groups excluding carboxylic acids is 2. The topological polar surface area (TPSA) is 131 Å². The van der Waals surface area contributed by atoms with Crippen LogP contribution in [0.25, 0.3) is 0 Å². The molecule has 5 aliphatic rings. The number of likely N-dealkylation sites (tertiary alicyclic amines) is 1. The third kappa shape index (κ3) is 6.76. The van der Waals surface area contributed by atoms with Gasteiger partial charge in [-0.25, -0.2) is 0 Å². The number of hydrogen-bond acceptors (Lipinski definition) is 9. The molecule has 0 aromatic rings. The number of methoxy groups -OCH3 is 1. The van der Waals surface area contributed by atoms with Crippen molar-refractivity contribution < 1.29 is 27.5 Å². The number of hydrogen-bond donors (Lipinski definition) is 5. The van der Waals surface area contributed by atoms with Gasteiger partial charge in [0.1, 0.15) is 11.5 Å². The number of ether oxygens (including phenoxy) is 1. The summed E-state index contributed by atoms with van der Waals surface area (Å²) in [7, 11) is 1.70. The Labute approximate surface area is 247 Å². The van der Waals surface area contributed by atoms with Gasteiger partial charge in [0, 0.05) is 50.6 Å². The summed E-state index contributed by atoms with van der Waals surface area (Å²) in [5.41, 5.74) is -0.478. The molecule has 5 N–H and O–H groups in total. The number of nitrogens with zero attached hydrogens (tertiary/aromatic N) is 2. The third-order valence-electron chi connectivity index (χ3n) is 9.41. The molecule has 12 unspecified atom stereocenters. The molecule has 5 aliphatic heterocycles. The fourth-order valence-electron chi connectivity index (χ4n) is 7.25. The summed E-state index contributed by atoms with van der Waals surface area (Å²) in [6, 6.07) is -1.06. The lowest BCUT2D eigenvalue weighted by Gasteiger charge is -2.45. The van der Waals surface area contributed by atoms with Crippen LogP contribution in [0.3, 0.4) is 0 Å². The quantitative estimate of drug-likeness (QED) is 0.225. The molecule has 5 saturated heterocycles. The zero-order valence-corrected chi connectivity index (χ0v) is 24.7. The van der Waals surface area contributed by atoms with Crippen LogP contribution >= 0.6 is 23.4 Å². The van der Waals surface area contributed by atoms with Crippen LogP contribution in [0, 0.1) is 35.0 Å².